The van der Waals surface area contributed by atoms with Crippen molar-refractivity contribution in [2.45, 2.75) is 51.1 Å². The van der Waals surface area contributed by atoms with Gasteiger partial charge >= 0.3 is 5.97 Å². The van der Waals surface area contributed by atoms with E-state index in [-0.39, 0.29) is 18.5 Å². The molecule has 0 saturated carbocycles. The SMILES string of the molecule is COc1ccc(CO[C@@H]2/C=C/[C@@H](O)CCC(C)OC(=O)C2)cc1. The number of rotatable bonds is 4. The molecule has 1 aromatic carbocycles. The van der Waals surface area contributed by atoms with Gasteiger partial charge in [0.15, 0.2) is 0 Å². The van der Waals surface area contributed by atoms with Crippen LogP contribution in [0.2, 0.25) is 0 Å². The summed E-state index contributed by atoms with van der Waals surface area (Å²) in [5, 5.41) is 9.88. The van der Waals surface area contributed by atoms with Gasteiger partial charge in [-0.3, -0.25) is 4.79 Å². The third kappa shape index (κ3) is 6.04. The Morgan fingerprint density at radius 2 is 1.96 bits per heavy atom. The Bertz CT molecular complexity index is 523. The molecule has 5 heteroatoms. The van der Waals surface area contributed by atoms with Crippen molar-refractivity contribution in [1.29, 1.82) is 0 Å². The smallest absolute Gasteiger partial charge is 0.309 e. The number of hydrogen-bond acceptors (Lipinski definition) is 5. The first kappa shape index (κ1) is 17.5. The highest BCUT2D eigenvalue weighted by Crippen LogP contribution is 2.16. The van der Waals surface area contributed by atoms with Gasteiger partial charge in [0.1, 0.15) is 5.75 Å². The molecule has 0 aliphatic carbocycles. The maximum Gasteiger partial charge on any atom is 0.309 e. The van der Waals surface area contributed by atoms with Crippen molar-refractivity contribution in [3.63, 3.8) is 0 Å². The molecule has 3 atom stereocenters. The van der Waals surface area contributed by atoms with E-state index in [1.165, 1.54) is 0 Å². The standard InChI is InChI=1S/C18H24O5/c1-13-3-6-15(19)7-10-17(11-18(20)23-13)22-12-14-4-8-16(21-2)9-5-14/h4-5,7-10,13,15,17,19H,3,6,11-12H2,1-2H3/b10-7+/t13?,15-,17+/m0/s1. The van der Waals surface area contributed by atoms with Crippen molar-refractivity contribution >= 4 is 5.97 Å². The van der Waals surface area contributed by atoms with Crippen LogP contribution in [0.3, 0.4) is 0 Å². The summed E-state index contributed by atoms with van der Waals surface area (Å²) in [7, 11) is 1.62. The zero-order chi connectivity index (χ0) is 16.7. The van der Waals surface area contributed by atoms with Crippen LogP contribution in [0.1, 0.15) is 31.7 Å². The molecule has 1 unspecified atom stereocenters. The fourth-order valence-electron chi connectivity index (χ4n) is 2.36. The molecule has 0 fully saturated rings. The number of aliphatic hydroxyl groups is 1. The van der Waals surface area contributed by atoms with Crippen LogP contribution in [0.25, 0.3) is 0 Å². The Kier molecular flexibility index (Phi) is 6.62. The summed E-state index contributed by atoms with van der Waals surface area (Å²) < 4.78 is 16.2. The molecule has 1 aliphatic heterocycles. The Hall–Kier alpha value is -1.85. The molecule has 1 heterocycles. The zero-order valence-corrected chi connectivity index (χ0v) is 13.6. The summed E-state index contributed by atoms with van der Waals surface area (Å²) >= 11 is 0. The van der Waals surface area contributed by atoms with Crippen molar-refractivity contribution in [3.8, 4) is 5.75 Å². The minimum atomic E-state index is -0.540. The lowest BCUT2D eigenvalue weighted by molar-refractivity contribution is -0.151. The van der Waals surface area contributed by atoms with Crippen molar-refractivity contribution in [2.24, 2.45) is 0 Å². The number of esters is 1. The van der Waals surface area contributed by atoms with Crippen molar-refractivity contribution in [1.82, 2.24) is 0 Å². The number of hydrogen-bond donors (Lipinski definition) is 1. The molecule has 2 rings (SSSR count). The van der Waals surface area contributed by atoms with E-state index >= 15 is 0 Å². The Labute approximate surface area is 136 Å². The van der Waals surface area contributed by atoms with Crippen molar-refractivity contribution in [2.75, 3.05) is 7.11 Å². The van der Waals surface area contributed by atoms with E-state index in [1.807, 2.05) is 31.2 Å². The number of carbonyl (C=O) groups excluding carboxylic acids is 1. The first-order valence-electron chi connectivity index (χ1n) is 7.87. The average molecular weight is 320 g/mol. The molecule has 0 aromatic heterocycles. The summed E-state index contributed by atoms with van der Waals surface area (Å²) in [4.78, 5) is 11.9. The summed E-state index contributed by atoms with van der Waals surface area (Å²) in [6, 6.07) is 7.55. The highest BCUT2D eigenvalue weighted by Gasteiger charge is 2.18. The fraction of sp³-hybridized carbons (Fsp3) is 0.500. The van der Waals surface area contributed by atoms with E-state index in [4.69, 9.17) is 14.2 Å². The normalized spacial score (nSPS) is 27.1. The number of cyclic esters (lactones) is 1. The maximum absolute atomic E-state index is 11.9. The van der Waals surface area contributed by atoms with Gasteiger partial charge in [0.25, 0.3) is 0 Å². The third-order valence-electron chi connectivity index (χ3n) is 3.74. The Balaban J connectivity index is 1.96. The van der Waals surface area contributed by atoms with Gasteiger partial charge in [-0.2, -0.15) is 0 Å². The molecule has 0 radical (unpaired) electrons. The first-order chi connectivity index (χ1) is 11.1. The Morgan fingerprint density at radius 1 is 1.22 bits per heavy atom. The van der Waals surface area contributed by atoms with E-state index in [2.05, 4.69) is 0 Å². The molecular formula is C18H24O5. The fourth-order valence-corrected chi connectivity index (χ4v) is 2.36. The number of ether oxygens (including phenoxy) is 3. The van der Waals surface area contributed by atoms with E-state index in [0.29, 0.717) is 19.4 Å². The highest BCUT2D eigenvalue weighted by molar-refractivity contribution is 5.70. The molecule has 0 amide bonds. The second-order valence-corrected chi connectivity index (χ2v) is 5.73. The molecule has 0 bridgehead atoms. The monoisotopic (exact) mass is 320 g/mol. The summed E-state index contributed by atoms with van der Waals surface area (Å²) in [5.41, 5.74) is 0.985. The lowest BCUT2D eigenvalue weighted by Crippen LogP contribution is -2.24. The molecule has 0 saturated heterocycles. The van der Waals surface area contributed by atoms with Gasteiger partial charge in [0.2, 0.25) is 0 Å². The lowest BCUT2D eigenvalue weighted by atomic mass is 10.1. The summed E-state index contributed by atoms with van der Waals surface area (Å²) in [6.45, 7) is 2.21. The molecule has 0 spiro atoms. The van der Waals surface area contributed by atoms with Crippen LogP contribution >= 0.6 is 0 Å². The topological polar surface area (TPSA) is 65.0 Å². The van der Waals surface area contributed by atoms with Gasteiger partial charge in [-0.25, -0.2) is 0 Å². The van der Waals surface area contributed by atoms with Gasteiger partial charge in [0, 0.05) is 0 Å². The van der Waals surface area contributed by atoms with Gasteiger partial charge in [-0.05, 0) is 37.5 Å². The van der Waals surface area contributed by atoms with Gasteiger partial charge in [0.05, 0.1) is 38.4 Å². The van der Waals surface area contributed by atoms with Gasteiger partial charge in [-0.1, -0.05) is 24.3 Å². The summed E-state index contributed by atoms with van der Waals surface area (Å²) in [6.07, 6.45) is 3.65. The summed E-state index contributed by atoms with van der Waals surface area (Å²) in [5.74, 6) is 0.506. The molecule has 23 heavy (non-hydrogen) atoms. The minimum Gasteiger partial charge on any atom is -0.497 e. The molecule has 126 valence electrons. The molecule has 1 N–H and O–H groups in total. The molecule has 1 aromatic rings. The van der Waals surface area contributed by atoms with Crippen LogP contribution in [0, 0.1) is 0 Å². The predicted octanol–water partition coefficient (Wildman–Crippen LogP) is 2.61. The minimum absolute atomic E-state index is 0.143. The zero-order valence-electron chi connectivity index (χ0n) is 13.6. The second kappa shape index (κ2) is 8.70. The molecular weight excluding hydrogens is 296 g/mol. The van der Waals surface area contributed by atoms with Gasteiger partial charge < -0.3 is 19.3 Å². The van der Waals surface area contributed by atoms with E-state index in [0.717, 1.165) is 11.3 Å². The van der Waals surface area contributed by atoms with Crippen LogP contribution < -0.4 is 4.74 Å². The number of benzene rings is 1. The highest BCUT2D eigenvalue weighted by atomic mass is 16.5. The number of methoxy groups -OCH3 is 1. The first-order valence-corrected chi connectivity index (χ1v) is 7.87. The van der Waals surface area contributed by atoms with Gasteiger partial charge in [-0.15, -0.1) is 0 Å². The van der Waals surface area contributed by atoms with Crippen LogP contribution in [-0.2, 0) is 20.9 Å². The Morgan fingerprint density at radius 3 is 2.65 bits per heavy atom. The second-order valence-electron chi connectivity index (χ2n) is 5.73. The van der Waals surface area contributed by atoms with Crippen molar-refractivity contribution in [3.05, 3.63) is 42.0 Å². The molecule has 5 nitrogen and oxygen atoms in total. The van der Waals surface area contributed by atoms with Crippen LogP contribution in [0.4, 0.5) is 0 Å². The number of aliphatic hydroxyl groups excluding tert-OH is 1. The van der Waals surface area contributed by atoms with Crippen LogP contribution in [0.15, 0.2) is 36.4 Å². The largest absolute Gasteiger partial charge is 0.497 e. The maximum atomic E-state index is 11.9. The third-order valence-corrected chi connectivity index (χ3v) is 3.74. The van der Waals surface area contributed by atoms with E-state index in [9.17, 15) is 9.90 Å². The van der Waals surface area contributed by atoms with Crippen LogP contribution in [-0.4, -0.2) is 36.5 Å². The molecule has 1 aliphatic rings. The quantitative estimate of drug-likeness (QED) is 0.682. The average Bonchev–Trinajstić information content (AvgIpc) is 2.55. The van der Waals surface area contributed by atoms with Crippen LogP contribution in [0.5, 0.6) is 5.75 Å². The van der Waals surface area contributed by atoms with E-state index < -0.39 is 12.2 Å². The number of carbonyl (C=O) groups is 1. The van der Waals surface area contributed by atoms with E-state index in [1.54, 1.807) is 19.3 Å². The van der Waals surface area contributed by atoms with Crippen molar-refractivity contribution < 1.29 is 24.1 Å². The predicted molar refractivity (Wildman–Crippen MR) is 86.1 cm³/mol. The lowest BCUT2D eigenvalue weighted by Gasteiger charge is -2.20.